The van der Waals surface area contributed by atoms with Crippen molar-refractivity contribution < 1.29 is 24.6 Å². The number of carboxylic acid groups (broad SMARTS) is 1. The predicted octanol–water partition coefficient (Wildman–Crippen LogP) is -0.0514. The fraction of sp³-hybridized carbons (Fsp3) is 0.727. The van der Waals surface area contributed by atoms with Crippen molar-refractivity contribution in [1.82, 2.24) is 4.90 Å². The lowest BCUT2D eigenvalue weighted by molar-refractivity contribution is -0.152. The Morgan fingerprint density at radius 3 is 2.61 bits per heavy atom. The van der Waals surface area contributed by atoms with E-state index >= 15 is 0 Å². The number of hydrogen-bond acceptors (Lipinski definition) is 5. The minimum atomic E-state index is -1.21. The van der Waals surface area contributed by atoms with Gasteiger partial charge in [-0.05, 0) is 12.8 Å². The van der Waals surface area contributed by atoms with Crippen LogP contribution in [-0.4, -0.2) is 56.5 Å². The smallest absolute Gasteiger partial charge is 0.329 e. The Kier molecular flexibility index (Phi) is 5.15. The topological polar surface area (TPSA) is 94.9 Å². The van der Waals surface area contributed by atoms with Gasteiger partial charge in [-0.1, -0.05) is 11.8 Å². The van der Waals surface area contributed by atoms with Crippen LogP contribution < -0.4 is 0 Å². The first-order valence-electron chi connectivity index (χ1n) is 5.66. The summed E-state index contributed by atoms with van der Waals surface area (Å²) >= 11 is 1.13. The zero-order valence-corrected chi connectivity index (χ0v) is 11.1. The summed E-state index contributed by atoms with van der Waals surface area (Å²) < 4.78 is 0. The van der Waals surface area contributed by atoms with E-state index in [2.05, 4.69) is 0 Å². The molecule has 102 valence electrons. The molecule has 1 aliphatic rings. The van der Waals surface area contributed by atoms with E-state index in [1.807, 2.05) is 0 Å². The molecule has 1 aliphatic heterocycles. The average molecular weight is 275 g/mol. The summed E-state index contributed by atoms with van der Waals surface area (Å²) in [5.41, 5.74) is 0. The molecule has 0 bridgehead atoms. The first kappa shape index (κ1) is 15.0. The molecule has 0 aromatic heterocycles. The summed E-state index contributed by atoms with van der Waals surface area (Å²) in [6.45, 7) is 3.08. The lowest BCUT2D eigenvalue weighted by atomic mass is 10.1. The number of likely N-dealkylation sites (tertiary alicyclic amines) is 1. The van der Waals surface area contributed by atoms with E-state index in [-0.39, 0.29) is 29.9 Å². The molecule has 18 heavy (non-hydrogen) atoms. The molecule has 6 nitrogen and oxygen atoms in total. The van der Waals surface area contributed by atoms with Gasteiger partial charge in [-0.3, -0.25) is 9.59 Å². The van der Waals surface area contributed by atoms with Gasteiger partial charge in [0.15, 0.2) is 11.2 Å². The molecule has 1 rings (SSSR count). The van der Waals surface area contributed by atoms with E-state index in [0.29, 0.717) is 5.75 Å². The summed E-state index contributed by atoms with van der Waals surface area (Å²) in [4.78, 5) is 34.8. The number of nitrogens with zero attached hydrogens (tertiary/aromatic N) is 1. The van der Waals surface area contributed by atoms with Crippen LogP contribution in [-0.2, 0) is 14.4 Å². The molecule has 7 heteroatoms. The average Bonchev–Trinajstić information content (AvgIpc) is 2.56. The van der Waals surface area contributed by atoms with Crippen LogP contribution in [0.5, 0.6) is 0 Å². The van der Waals surface area contributed by atoms with Crippen molar-refractivity contribution in [3.05, 3.63) is 0 Å². The number of aliphatic carboxylic acids is 1. The van der Waals surface area contributed by atoms with Crippen molar-refractivity contribution in [2.45, 2.75) is 32.4 Å². The zero-order chi connectivity index (χ0) is 13.9. The van der Waals surface area contributed by atoms with Gasteiger partial charge < -0.3 is 15.1 Å². The SMILES string of the molecule is CC(=O)SCC1CC(=O)N([C@H](C(=O)O)[C@H](C)O)C1. The minimum Gasteiger partial charge on any atom is -0.480 e. The number of thioether (sulfide) groups is 1. The maximum absolute atomic E-state index is 11.7. The predicted molar refractivity (Wildman–Crippen MR) is 66.1 cm³/mol. The van der Waals surface area contributed by atoms with Crippen molar-refractivity contribution in [2.75, 3.05) is 12.3 Å². The number of aliphatic hydroxyl groups is 1. The second-order valence-electron chi connectivity index (χ2n) is 4.44. The quantitative estimate of drug-likeness (QED) is 0.730. The second-order valence-corrected chi connectivity index (χ2v) is 5.64. The van der Waals surface area contributed by atoms with Crippen LogP contribution in [0.3, 0.4) is 0 Å². The molecular weight excluding hydrogens is 258 g/mol. The van der Waals surface area contributed by atoms with Crippen LogP contribution in [0.4, 0.5) is 0 Å². The maximum atomic E-state index is 11.7. The van der Waals surface area contributed by atoms with Crippen LogP contribution in [0.2, 0.25) is 0 Å². The summed E-state index contributed by atoms with van der Waals surface area (Å²) in [5.74, 6) is -1.02. The van der Waals surface area contributed by atoms with Crippen LogP contribution in [0, 0.1) is 5.92 Å². The van der Waals surface area contributed by atoms with Crippen LogP contribution in [0.15, 0.2) is 0 Å². The van der Waals surface area contributed by atoms with E-state index in [1.54, 1.807) is 0 Å². The monoisotopic (exact) mass is 275 g/mol. The van der Waals surface area contributed by atoms with Gasteiger partial charge in [0.25, 0.3) is 0 Å². The van der Waals surface area contributed by atoms with Gasteiger partial charge in [0, 0.05) is 25.6 Å². The molecule has 1 fully saturated rings. The Morgan fingerprint density at radius 1 is 1.56 bits per heavy atom. The van der Waals surface area contributed by atoms with Crippen molar-refractivity contribution in [2.24, 2.45) is 5.92 Å². The lowest BCUT2D eigenvalue weighted by Gasteiger charge is -2.26. The molecule has 2 N–H and O–H groups in total. The molecule has 1 amide bonds. The molecular formula is C11H17NO5S. The van der Waals surface area contributed by atoms with Crippen molar-refractivity contribution in [1.29, 1.82) is 0 Å². The molecule has 0 radical (unpaired) electrons. The van der Waals surface area contributed by atoms with Gasteiger partial charge >= 0.3 is 5.97 Å². The van der Waals surface area contributed by atoms with Gasteiger partial charge in [0.05, 0.1) is 6.10 Å². The normalized spacial score (nSPS) is 22.9. The van der Waals surface area contributed by atoms with Gasteiger partial charge in [0.2, 0.25) is 5.91 Å². The summed E-state index contributed by atoms with van der Waals surface area (Å²) in [7, 11) is 0. The van der Waals surface area contributed by atoms with Gasteiger partial charge in [-0.25, -0.2) is 4.79 Å². The largest absolute Gasteiger partial charge is 0.480 e. The van der Waals surface area contributed by atoms with Gasteiger partial charge in [0.1, 0.15) is 0 Å². The maximum Gasteiger partial charge on any atom is 0.329 e. The summed E-state index contributed by atoms with van der Waals surface area (Å²) in [6, 6.07) is -1.20. The Labute approximate surface area is 109 Å². The number of rotatable bonds is 5. The highest BCUT2D eigenvalue weighted by atomic mass is 32.2. The molecule has 0 aromatic rings. The highest BCUT2D eigenvalue weighted by Crippen LogP contribution is 2.25. The van der Waals surface area contributed by atoms with Crippen LogP contribution in [0.1, 0.15) is 20.3 Å². The van der Waals surface area contributed by atoms with E-state index < -0.39 is 18.1 Å². The molecule has 0 spiro atoms. The standard InChI is InChI=1S/C11H17NO5S/c1-6(13)10(11(16)17)12-4-8(3-9(12)15)5-18-7(2)14/h6,8,10,13H,3-5H2,1-2H3,(H,16,17)/t6-,8?,10-/m0/s1. The minimum absolute atomic E-state index is 0.0220. The summed E-state index contributed by atoms with van der Waals surface area (Å²) in [5, 5.41) is 18.4. The third-order valence-corrected chi connectivity index (χ3v) is 3.85. The molecule has 0 saturated carbocycles. The Balaban J connectivity index is 2.65. The number of hydrogen-bond donors (Lipinski definition) is 2. The Bertz CT molecular complexity index is 357. The van der Waals surface area contributed by atoms with Crippen LogP contribution in [0.25, 0.3) is 0 Å². The third-order valence-electron chi connectivity index (χ3n) is 2.81. The lowest BCUT2D eigenvalue weighted by Crippen LogP contribution is -2.48. The van der Waals surface area contributed by atoms with Crippen molar-refractivity contribution in [3.63, 3.8) is 0 Å². The Morgan fingerprint density at radius 2 is 2.17 bits per heavy atom. The second kappa shape index (κ2) is 6.19. The first-order valence-corrected chi connectivity index (χ1v) is 6.65. The number of carbonyl (C=O) groups is 3. The number of aliphatic hydroxyl groups excluding tert-OH is 1. The van der Waals surface area contributed by atoms with E-state index in [9.17, 15) is 19.5 Å². The molecule has 0 aromatic carbocycles. The van der Waals surface area contributed by atoms with Crippen molar-refractivity contribution in [3.8, 4) is 0 Å². The van der Waals surface area contributed by atoms with E-state index in [1.165, 1.54) is 18.7 Å². The summed E-state index contributed by atoms with van der Waals surface area (Å²) in [6.07, 6.45) is -0.887. The fourth-order valence-corrected chi connectivity index (χ4v) is 2.72. The fourth-order valence-electron chi connectivity index (χ4n) is 2.02. The molecule has 0 aliphatic carbocycles. The molecule has 1 heterocycles. The first-order chi connectivity index (χ1) is 8.32. The molecule has 1 saturated heterocycles. The van der Waals surface area contributed by atoms with Crippen molar-refractivity contribution >= 4 is 28.8 Å². The number of carboxylic acids is 1. The third kappa shape index (κ3) is 3.71. The zero-order valence-electron chi connectivity index (χ0n) is 10.3. The highest BCUT2D eigenvalue weighted by Gasteiger charge is 2.39. The highest BCUT2D eigenvalue weighted by molar-refractivity contribution is 8.13. The molecule has 3 atom stereocenters. The number of amides is 1. The van der Waals surface area contributed by atoms with Crippen LogP contribution >= 0.6 is 11.8 Å². The number of carbonyl (C=O) groups excluding carboxylic acids is 2. The Hall–Kier alpha value is -1.08. The van der Waals surface area contributed by atoms with Gasteiger partial charge in [-0.2, -0.15) is 0 Å². The van der Waals surface area contributed by atoms with E-state index in [0.717, 1.165) is 11.8 Å². The van der Waals surface area contributed by atoms with E-state index in [4.69, 9.17) is 5.11 Å². The molecule has 1 unspecified atom stereocenters. The van der Waals surface area contributed by atoms with Gasteiger partial charge in [-0.15, -0.1) is 0 Å².